The monoisotopic (exact) mass is 329 g/mol. The lowest BCUT2D eigenvalue weighted by Crippen LogP contribution is -2.46. The number of hydrogen-bond donors (Lipinski definition) is 1. The van der Waals surface area contributed by atoms with Crippen LogP contribution in [0.1, 0.15) is 43.6 Å². The van der Waals surface area contributed by atoms with E-state index in [-0.39, 0.29) is 12.0 Å². The van der Waals surface area contributed by atoms with Gasteiger partial charge in [-0.25, -0.2) is 0 Å². The van der Waals surface area contributed by atoms with Crippen molar-refractivity contribution in [1.29, 1.82) is 0 Å². The Morgan fingerprint density at radius 3 is 2.84 bits per heavy atom. The van der Waals surface area contributed by atoms with Crippen molar-refractivity contribution in [1.82, 2.24) is 9.78 Å². The molecule has 0 amide bonds. The molecule has 2 N–H and O–H groups in total. The third-order valence-corrected chi connectivity index (χ3v) is 4.94. The molecule has 1 aromatic heterocycles. The smallest absolute Gasteiger partial charge is 0.326 e. The Balaban J connectivity index is 2.18. The Kier molecular flexibility index (Phi) is 4.01. The molecule has 0 spiro atoms. The van der Waals surface area contributed by atoms with Crippen molar-refractivity contribution in [3.63, 3.8) is 0 Å². The zero-order valence-electron chi connectivity index (χ0n) is 11.6. The largest absolute Gasteiger partial charge is 0.465 e. The number of aromatic nitrogens is 2. The fourth-order valence-electron chi connectivity index (χ4n) is 2.72. The lowest BCUT2D eigenvalue weighted by Gasteiger charge is -2.22. The quantitative estimate of drug-likeness (QED) is 0.863. The highest BCUT2D eigenvalue weighted by Crippen LogP contribution is 2.38. The van der Waals surface area contributed by atoms with Crippen LogP contribution in [-0.2, 0) is 9.53 Å². The van der Waals surface area contributed by atoms with Crippen LogP contribution in [0.25, 0.3) is 0 Å². The van der Waals surface area contributed by atoms with Gasteiger partial charge in [0.2, 0.25) is 0 Å². The van der Waals surface area contributed by atoms with E-state index in [1.54, 1.807) is 6.92 Å². The fourth-order valence-corrected chi connectivity index (χ4v) is 2.98. The summed E-state index contributed by atoms with van der Waals surface area (Å²) in [7, 11) is 0. The maximum atomic E-state index is 11.9. The van der Waals surface area contributed by atoms with Gasteiger partial charge in [0.25, 0.3) is 0 Å². The molecule has 1 aliphatic carbocycles. The van der Waals surface area contributed by atoms with E-state index in [2.05, 4.69) is 21.0 Å². The van der Waals surface area contributed by atoms with Crippen LogP contribution in [0.3, 0.4) is 0 Å². The van der Waals surface area contributed by atoms with Crippen molar-refractivity contribution >= 4 is 21.9 Å². The van der Waals surface area contributed by atoms with E-state index < -0.39 is 5.54 Å². The zero-order chi connectivity index (χ0) is 14.2. The maximum Gasteiger partial charge on any atom is 0.326 e. The number of hydrogen-bond acceptors (Lipinski definition) is 4. The normalized spacial score (nSPS) is 26.7. The van der Waals surface area contributed by atoms with Gasteiger partial charge in [-0.2, -0.15) is 5.10 Å². The molecule has 0 aliphatic heterocycles. The van der Waals surface area contributed by atoms with Crippen LogP contribution in [0.4, 0.5) is 0 Å². The fraction of sp³-hybridized carbons (Fsp3) is 0.692. The van der Waals surface area contributed by atoms with Crippen molar-refractivity contribution in [3.05, 3.63) is 15.9 Å². The predicted octanol–water partition coefficient (Wildman–Crippen LogP) is 2.25. The second-order valence-electron chi connectivity index (χ2n) is 5.20. The number of carbonyl (C=O) groups excluding carboxylic acids is 1. The Morgan fingerprint density at radius 2 is 2.32 bits per heavy atom. The first-order valence-corrected chi connectivity index (χ1v) is 7.35. The average molecular weight is 330 g/mol. The molecule has 0 bridgehead atoms. The molecule has 106 valence electrons. The summed E-state index contributed by atoms with van der Waals surface area (Å²) in [5.41, 5.74) is 7.36. The minimum Gasteiger partial charge on any atom is -0.465 e. The van der Waals surface area contributed by atoms with Gasteiger partial charge in [-0.1, -0.05) is 0 Å². The van der Waals surface area contributed by atoms with E-state index in [9.17, 15) is 4.79 Å². The van der Waals surface area contributed by atoms with Crippen LogP contribution >= 0.6 is 15.9 Å². The highest BCUT2D eigenvalue weighted by molar-refractivity contribution is 9.10. The second-order valence-corrected chi connectivity index (χ2v) is 6.00. The van der Waals surface area contributed by atoms with Crippen molar-refractivity contribution < 1.29 is 9.53 Å². The minimum absolute atomic E-state index is 0.166. The van der Waals surface area contributed by atoms with Crippen molar-refractivity contribution in [2.24, 2.45) is 5.73 Å². The Bertz CT molecular complexity index is 500. The molecule has 1 aromatic rings. The van der Waals surface area contributed by atoms with Gasteiger partial charge >= 0.3 is 5.97 Å². The van der Waals surface area contributed by atoms with Gasteiger partial charge in [0.05, 0.1) is 28.5 Å². The summed E-state index contributed by atoms with van der Waals surface area (Å²) in [6.45, 7) is 6.15. The molecule has 5 nitrogen and oxygen atoms in total. The van der Waals surface area contributed by atoms with E-state index >= 15 is 0 Å². The molecule has 1 saturated carbocycles. The van der Waals surface area contributed by atoms with E-state index in [1.807, 2.05) is 18.5 Å². The van der Waals surface area contributed by atoms with Gasteiger partial charge in [0.15, 0.2) is 0 Å². The Morgan fingerprint density at radius 1 is 1.63 bits per heavy atom. The molecule has 6 heteroatoms. The number of ether oxygens (including phenoxy) is 1. The molecule has 0 aromatic carbocycles. The summed E-state index contributed by atoms with van der Waals surface area (Å²) in [5, 5.41) is 4.52. The molecule has 1 heterocycles. The molecule has 19 heavy (non-hydrogen) atoms. The second kappa shape index (κ2) is 5.25. The van der Waals surface area contributed by atoms with Crippen LogP contribution in [0.5, 0.6) is 0 Å². The lowest BCUT2D eigenvalue weighted by molar-refractivity contribution is -0.149. The molecule has 1 aliphatic rings. The number of nitrogens with zero attached hydrogens (tertiary/aromatic N) is 2. The van der Waals surface area contributed by atoms with Crippen LogP contribution in [0.2, 0.25) is 0 Å². The van der Waals surface area contributed by atoms with Gasteiger partial charge in [-0.3, -0.25) is 9.48 Å². The summed E-state index contributed by atoms with van der Waals surface area (Å²) in [6, 6.07) is 0.166. The maximum absolute atomic E-state index is 11.9. The summed E-state index contributed by atoms with van der Waals surface area (Å²) >= 11 is 3.52. The van der Waals surface area contributed by atoms with Gasteiger partial charge in [0, 0.05) is 0 Å². The van der Waals surface area contributed by atoms with Crippen LogP contribution in [-0.4, -0.2) is 27.9 Å². The number of esters is 1. The van der Waals surface area contributed by atoms with Crippen molar-refractivity contribution in [2.75, 3.05) is 6.61 Å². The number of nitrogens with two attached hydrogens (primary N) is 1. The standard InChI is InChI=1S/C13H20BrN3O2/c1-4-19-12(18)13(15)6-5-10(7-13)17-9(3)11(14)8(2)16-17/h10H,4-7,15H2,1-3H3. The molecular formula is C13H20BrN3O2. The first kappa shape index (κ1) is 14.5. The van der Waals surface area contributed by atoms with Gasteiger partial charge < -0.3 is 10.5 Å². The molecule has 0 saturated heterocycles. The highest BCUT2D eigenvalue weighted by atomic mass is 79.9. The predicted molar refractivity (Wildman–Crippen MR) is 75.8 cm³/mol. The zero-order valence-corrected chi connectivity index (χ0v) is 13.2. The topological polar surface area (TPSA) is 70.1 Å². The lowest BCUT2D eigenvalue weighted by atomic mass is 9.99. The molecule has 2 rings (SSSR count). The van der Waals surface area contributed by atoms with E-state index in [4.69, 9.17) is 10.5 Å². The number of aryl methyl sites for hydroxylation is 1. The van der Waals surface area contributed by atoms with Crippen LogP contribution in [0, 0.1) is 13.8 Å². The Labute approximate surface area is 121 Å². The minimum atomic E-state index is -0.862. The van der Waals surface area contributed by atoms with E-state index in [1.165, 1.54) is 0 Å². The Hall–Kier alpha value is -0.880. The molecule has 2 unspecified atom stereocenters. The third kappa shape index (κ3) is 2.56. The number of halogens is 1. The first-order valence-electron chi connectivity index (χ1n) is 6.56. The SMILES string of the molecule is CCOC(=O)C1(N)CCC(n2nc(C)c(Br)c2C)C1. The average Bonchev–Trinajstić information content (AvgIpc) is 2.87. The molecule has 0 radical (unpaired) electrons. The van der Waals surface area contributed by atoms with Gasteiger partial charge in [0.1, 0.15) is 5.54 Å². The third-order valence-electron chi connectivity index (χ3n) is 3.79. The molecule has 2 atom stereocenters. The first-order chi connectivity index (χ1) is 8.89. The highest BCUT2D eigenvalue weighted by Gasteiger charge is 2.44. The molecule has 1 fully saturated rings. The number of carbonyl (C=O) groups is 1. The van der Waals surface area contributed by atoms with E-state index in [0.29, 0.717) is 19.4 Å². The number of rotatable bonds is 3. The summed E-state index contributed by atoms with van der Waals surface area (Å²) in [4.78, 5) is 11.9. The summed E-state index contributed by atoms with van der Waals surface area (Å²) < 4.78 is 8.07. The summed E-state index contributed by atoms with van der Waals surface area (Å²) in [6.07, 6.45) is 2.08. The van der Waals surface area contributed by atoms with E-state index in [0.717, 1.165) is 22.3 Å². The van der Waals surface area contributed by atoms with Crippen molar-refractivity contribution in [2.45, 2.75) is 51.6 Å². The summed E-state index contributed by atoms with van der Waals surface area (Å²) in [5.74, 6) is -0.293. The van der Waals surface area contributed by atoms with Gasteiger partial charge in [-0.15, -0.1) is 0 Å². The molecular weight excluding hydrogens is 310 g/mol. The van der Waals surface area contributed by atoms with Crippen LogP contribution in [0.15, 0.2) is 4.47 Å². The van der Waals surface area contributed by atoms with Crippen LogP contribution < -0.4 is 5.73 Å². The van der Waals surface area contributed by atoms with Gasteiger partial charge in [-0.05, 0) is 56.0 Å². The van der Waals surface area contributed by atoms with Crippen molar-refractivity contribution in [3.8, 4) is 0 Å².